The molecule has 0 saturated carbocycles. The highest BCUT2D eigenvalue weighted by Gasteiger charge is 2.09. The monoisotopic (exact) mass is 368 g/mol. The van der Waals surface area contributed by atoms with Crippen molar-refractivity contribution >= 4 is 33.5 Å². The molecule has 5 heteroatoms. The SMILES string of the molecule is COC(=O)c1ccc(COc2cc(Cl)ccc2C)c(Br)c1. The van der Waals surface area contributed by atoms with Gasteiger partial charge in [0.05, 0.1) is 12.7 Å². The molecule has 0 bridgehead atoms. The van der Waals surface area contributed by atoms with Crippen molar-refractivity contribution in [2.24, 2.45) is 0 Å². The quantitative estimate of drug-likeness (QED) is 0.728. The molecule has 2 aromatic carbocycles. The van der Waals surface area contributed by atoms with Gasteiger partial charge in [0.15, 0.2) is 0 Å². The number of hydrogen-bond acceptors (Lipinski definition) is 3. The Balaban J connectivity index is 2.13. The van der Waals surface area contributed by atoms with Gasteiger partial charge in [0.2, 0.25) is 0 Å². The predicted octanol–water partition coefficient (Wildman–Crippen LogP) is 4.78. The average Bonchev–Trinajstić information content (AvgIpc) is 2.48. The van der Waals surface area contributed by atoms with E-state index in [2.05, 4.69) is 20.7 Å². The van der Waals surface area contributed by atoms with Crippen molar-refractivity contribution < 1.29 is 14.3 Å². The molecule has 2 aromatic rings. The number of rotatable bonds is 4. The Morgan fingerprint density at radius 2 is 2.00 bits per heavy atom. The van der Waals surface area contributed by atoms with Crippen LogP contribution in [0.2, 0.25) is 5.02 Å². The van der Waals surface area contributed by atoms with Crippen LogP contribution in [0.15, 0.2) is 40.9 Å². The first-order valence-electron chi connectivity index (χ1n) is 6.27. The molecule has 0 atom stereocenters. The second-order valence-electron chi connectivity index (χ2n) is 4.50. The zero-order valence-electron chi connectivity index (χ0n) is 11.7. The summed E-state index contributed by atoms with van der Waals surface area (Å²) in [6, 6.07) is 10.8. The predicted molar refractivity (Wildman–Crippen MR) is 86.0 cm³/mol. The summed E-state index contributed by atoms with van der Waals surface area (Å²) in [5.74, 6) is 0.375. The van der Waals surface area contributed by atoms with E-state index in [1.54, 1.807) is 18.2 Å². The maximum absolute atomic E-state index is 11.4. The summed E-state index contributed by atoms with van der Waals surface area (Å²) in [6.45, 7) is 2.34. The Kier molecular flexibility index (Phi) is 5.26. The smallest absolute Gasteiger partial charge is 0.337 e. The molecule has 2 rings (SSSR count). The lowest BCUT2D eigenvalue weighted by molar-refractivity contribution is 0.0600. The number of esters is 1. The maximum atomic E-state index is 11.4. The molecular weight excluding hydrogens is 356 g/mol. The summed E-state index contributed by atoms with van der Waals surface area (Å²) in [7, 11) is 1.36. The van der Waals surface area contributed by atoms with Crippen LogP contribution in [0, 0.1) is 6.92 Å². The summed E-state index contributed by atoms with van der Waals surface area (Å²) in [4.78, 5) is 11.4. The third-order valence-electron chi connectivity index (χ3n) is 3.01. The Bertz CT molecular complexity index is 671. The Labute approximate surface area is 137 Å². The van der Waals surface area contributed by atoms with Crippen LogP contribution in [0.3, 0.4) is 0 Å². The summed E-state index contributed by atoms with van der Waals surface area (Å²) >= 11 is 9.40. The number of halogens is 2. The van der Waals surface area contributed by atoms with E-state index >= 15 is 0 Å². The van der Waals surface area contributed by atoms with Crippen LogP contribution in [0.4, 0.5) is 0 Å². The second-order valence-corrected chi connectivity index (χ2v) is 5.79. The van der Waals surface area contributed by atoms with Crippen molar-refractivity contribution in [2.45, 2.75) is 13.5 Å². The van der Waals surface area contributed by atoms with E-state index in [-0.39, 0.29) is 5.97 Å². The highest BCUT2D eigenvalue weighted by Crippen LogP contribution is 2.25. The lowest BCUT2D eigenvalue weighted by atomic mass is 10.1. The Hall–Kier alpha value is -1.52. The first-order chi connectivity index (χ1) is 10.0. The highest BCUT2D eigenvalue weighted by molar-refractivity contribution is 9.10. The van der Waals surface area contributed by atoms with E-state index in [0.29, 0.717) is 17.2 Å². The molecule has 3 nitrogen and oxygen atoms in total. The van der Waals surface area contributed by atoms with E-state index in [9.17, 15) is 4.79 Å². The largest absolute Gasteiger partial charge is 0.489 e. The van der Waals surface area contributed by atoms with Gasteiger partial charge in [-0.05, 0) is 36.8 Å². The van der Waals surface area contributed by atoms with Gasteiger partial charge in [-0.25, -0.2) is 4.79 Å². The van der Waals surface area contributed by atoms with Crippen molar-refractivity contribution in [3.05, 3.63) is 62.6 Å². The number of ether oxygens (including phenoxy) is 2. The first kappa shape index (κ1) is 15.9. The minimum Gasteiger partial charge on any atom is -0.489 e. The number of aryl methyl sites for hydroxylation is 1. The molecule has 0 saturated heterocycles. The van der Waals surface area contributed by atoms with Gasteiger partial charge in [-0.2, -0.15) is 0 Å². The molecule has 0 radical (unpaired) electrons. The topological polar surface area (TPSA) is 35.5 Å². The van der Waals surface area contributed by atoms with Gasteiger partial charge in [-0.3, -0.25) is 0 Å². The number of carbonyl (C=O) groups excluding carboxylic acids is 1. The molecule has 0 aliphatic heterocycles. The molecule has 0 N–H and O–H groups in total. The molecule has 21 heavy (non-hydrogen) atoms. The first-order valence-corrected chi connectivity index (χ1v) is 7.44. The number of carbonyl (C=O) groups is 1. The fraction of sp³-hybridized carbons (Fsp3) is 0.188. The third-order valence-corrected chi connectivity index (χ3v) is 3.98. The molecule has 0 aliphatic rings. The van der Waals surface area contributed by atoms with Gasteiger partial charge in [-0.15, -0.1) is 0 Å². The lowest BCUT2D eigenvalue weighted by Gasteiger charge is -2.11. The van der Waals surface area contributed by atoms with Crippen molar-refractivity contribution in [1.29, 1.82) is 0 Å². The van der Waals surface area contributed by atoms with Crippen molar-refractivity contribution in [3.8, 4) is 5.75 Å². The summed E-state index contributed by atoms with van der Waals surface area (Å²) in [5, 5.41) is 0.635. The normalized spacial score (nSPS) is 10.3. The standard InChI is InChI=1S/C16H14BrClO3/c1-10-3-6-13(18)8-15(10)21-9-12-5-4-11(7-14(12)17)16(19)20-2/h3-8H,9H2,1-2H3. The summed E-state index contributed by atoms with van der Waals surface area (Å²) < 4.78 is 11.3. The zero-order chi connectivity index (χ0) is 15.4. The minimum absolute atomic E-state index is 0.367. The second kappa shape index (κ2) is 6.96. The molecular formula is C16H14BrClO3. The Morgan fingerprint density at radius 3 is 2.67 bits per heavy atom. The van der Waals surface area contributed by atoms with Gasteiger partial charge in [-0.1, -0.05) is 39.7 Å². The molecule has 0 aromatic heterocycles. The zero-order valence-corrected chi connectivity index (χ0v) is 14.0. The maximum Gasteiger partial charge on any atom is 0.337 e. The lowest BCUT2D eigenvalue weighted by Crippen LogP contribution is -2.03. The number of hydrogen-bond donors (Lipinski definition) is 0. The van der Waals surface area contributed by atoms with Gasteiger partial charge in [0.25, 0.3) is 0 Å². The summed E-state index contributed by atoms with van der Waals surface area (Å²) in [5.41, 5.74) is 2.44. The summed E-state index contributed by atoms with van der Waals surface area (Å²) in [6.07, 6.45) is 0. The third kappa shape index (κ3) is 3.99. The van der Waals surface area contributed by atoms with Crippen molar-refractivity contribution in [3.63, 3.8) is 0 Å². The van der Waals surface area contributed by atoms with E-state index in [4.69, 9.17) is 16.3 Å². The van der Waals surface area contributed by atoms with Crippen LogP contribution >= 0.6 is 27.5 Å². The minimum atomic E-state index is -0.367. The van der Waals surface area contributed by atoms with Gasteiger partial charge in [0.1, 0.15) is 12.4 Å². The molecule has 0 fully saturated rings. The van der Waals surface area contributed by atoms with Crippen LogP contribution in [0.5, 0.6) is 5.75 Å². The number of benzene rings is 2. The van der Waals surface area contributed by atoms with Crippen molar-refractivity contribution in [1.82, 2.24) is 0 Å². The van der Waals surface area contributed by atoms with Gasteiger partial charge in [0, 0.05) is 15.1 Å². The molecule has 0 unspecified atom stereocenters. The van der Waals surface area contributed by atoms with Gasteiger partial charge < -0.3 is 9.47 Å². The average molecular weight is 370 g/mol. The molecule has 0 aliphatic carbocycles. The van der Waals surface area contributed by atoms with Crippen LogP contribution in [-0.2, 0) is 11.3 Å². The fourth-order valence-corrected chi connectivity index (χ4v) is 2.45. The van der Waals surface area contributed by atoms with Crippen LogP contribution in [0.1, 0.15) is 21.5 Å². The van der Waals surface area contributed by atoms with Gasteiger partial charge >= 0.3 is 5.97 Å². The van der Waals surface area contributed by atoms with Crippen LogP contribution < -0.4 is 4.74 Å². The highest BCUT2D eigenvalue weighted by atomic mass is 79.9. The van der Waals surface area contributed by atoms with E-state index < -0.39 is 0 Å². The van der Waals surface area contributed by atoms with E-state index in [1.807, 2.05) is 25.1 Å². The van der Waals surface area contributed by atoms with E-state index in [1.165, 1.54) is 7.11 Å². The van der Waals surface area contributed by atoms with E-state index in [0.717, 1.165) is 21.3 Å². The van der Waals surface area contributed by atoms with Crippen molar-refractivity contribution in [2.75, 3.05) is 7.11 Å². The van der Waals surface area contributed by atoms with Crippen LogP contribution in [-0.4, -0.2) is 13.1 Å². The molecule has 0 spiro atoms. The fourth-order valence-electron chi connectivity index (χ4n) is 1.79. The Morgan fingerprint density at radius 1 is 1.24 bits per heavy atom. The molecule has 0 heterocycles. The van der Waals surface area contributed by atoms with Crippen LogP contribution in [0.25, 0.3) is 0 Å². The molecule has 110 valence electrons. The number of methoxy groups -OCH3 is 1. The molecule has 0 amide bonds.